The number of hydrogen-bond donors (Lipinski definition) is 0. The van der Waals surface area contributed by atoms with E-state index in [9.17, 15) is 0 Å². The number of fused-ring (bicyclic) bond motifs is 1. The lowest BCUT2D eigenvalue weighted by Gasteiger charge is -2.24. The molecule has 0 aliphatic heterocycles. The van der Waals surface area contributed by atoms with Crippen molar-refractivity contribution in [1.29, 1.82) is 0 Å². The van der Waals surface area contributed by atoms with Crippen molar-refractivity contribution in [3.05, 3.63) is 41.0 Å². The maximum Gasteiger partial charge on any atom is 0.00846 e. The van der Waals surface area contributed by atoms with Crippen LogP contribution in [0, 0.1) is 0 Å². The Balaban J connectivity index is 2.54. The molecule has 0 atom stereocenters. The zero-order chi connectivity index (χ0) is 11.3. The summed E-state index contributed by atoms with van der Waals surface area (Å²) in [6.45, 7) is 11.4. The molecule has 0 radical (unpaired) electrons. The first-order valence-electron chi connectivity index (χ1n) is 5.65. The van der Waals surface area contributed by atoms with Crippen LogP contribution in [0.3, 0.4) is 0 Å². The minimum absolute atomic E-state index is 0.205. The third-order valence-electron chi connectivity index (χ3n) is 3.29. The molecule has 1 aromatic rings. The Kier molecular flexibility index (Phi) is 2.08. The second kappa shape index (κ2) is 2.98. The Labute approximate surface area is 93.0 Å². The van der Waals surface area contributed by atoms with Crippen LogP contribution in [0.1, 0.15) is 51.3 Å². The molecule has 0 aromatic heterocycles. The van der Waals surface area contributed by atoms with Crippen molar-refractivity contribution in [2.45, 2.75) is 45.4 Å². The smallest absolute Gasteiger partial charge is 0.00846 e. The lowest BCUT2D eigenvalue weighted by atomic mass is 9.81. The predicted octanol–water partition coefficient (Wildman–Crippen LogP) is 4.29. The van der Waals surface area contributed by atoms with Crippen LogP contribution in [0.4, 0.5) is 0 Å². The fourth-order valence-electron chi connectivity index (χ4n) is 2.11. The SMILES string of the molecule is CC(C)(C)c1ccc2c(c1)C(C)(C)C=C2. The first-order valence-corrected chi connectivity index (χ1v) is 5.65. The van der Waals surface area contributed by atoms with Crippen molar-refractivity contribution >= 4 is 6.08 Å². The van der Waals surface area contributed by atoms with Gasteiger partial charge in [0.25, 0.3) is 0 Å². The van der Waals surface area contributed by atoms with Gasteiger partial charge in [-0.3, -0.25) is 0 Å². The van der Waals surface area contributed by atoms with Crippen molar-refractivity contribution in [2.24, 2.45) is 0 Å². The molecule has 0 saturated heterocycles. The highest BCUT2D eigenvalue weighted by Crippen LogP contribution is 2.37. The number of allylic oxidation sites excluding steroid dienone is 1. The molecule has 0 heteroatoms. The van der Waals surface area contributed by atoms with Crippen molar-refractivity contribution in [3.8, 4) is 0 Å². The van der Waals surface area contributed by atoms with Crippen LogP contribution in [0.25, 0.3) is 6.08 Å². The molecule has 1 aliphatic rings. The van der Waals surface area contributed by atoms with Gasteiger partial charge in [-0.1, -0.05) is 65.0 Å². The monoisotopic (exact) mass is 200 g/mol. The second-order valence-corrected chi connectivity index (χ2v) is 6.11. The molecule has 0 unspecified atom stereocenters. The lowest BCUT2D eigenvalue weighted by molar-refractivity contribution is 0.585. The zero-order valence-electron chi connectivity index (χ0n) is 10.4. The summed E-state index contributed by atoms with van der Waals surface area (Å²) in [6.07, 6.45) is 4.53. The molecule has 80 valence electrons. The highest BCUT2D eigenvalue weighted by Gasteiger charge is 2.26. The fraction of sp³-hybridized carbons (Fsp3) is 0.467. The normalized spacial score (nSPS) is 17.9. The summed E-state index contributed by atoms with van der Waals surface area (Å²) in [5.41, 5.74) is 4.73. The summed E-state index contributed by atoms with van der Waals surface area (Å²) < 4.78 is 0. The van der Waals surface area contributed by atoms with Crippen LogP contribution < -0.4 is 0 Å². The zero-order valence-corrected chi connectivity index (χ0v) is 10.4. The van der Waals surface area contributed by atoms with E-state index in [2.05, 4.69) is 65.0 Å². The van der Waals surface area contributed by atoms with Gasteiger partial charge >= 0.3 is 0 Å². The Hall–Kier alpha value is -1.04. The molecule has 0 fully saturated rings. The predicted molar refractivity (Wildman–Crippen MR) is 67.2 cm³/mol. The van der Waals surface area contributed by atoms with Crippen molar-refractivity contribution in [2.75, 3.05) is 0 Å². The van der Waals surface area contributed by atoms with E-state index in [1.807, 2.05) is 0 Å². The van der Waals surface area contributed by atoms with Crippen molar-refractivity contribution in [1.82, 2.24) is 0 Å². The molecule has 1 aliphatic carbocycles. The van der Waals surface area contributed by atoms with Gasteiger partial charge in [-0.2, -0.15) is 0 Å². The van der Waals surface area contributed by atoms with Gasteiger partial charge in [-0.25, -0.2) is 0 Å². The van der Waals surface area contributed by atoms with Crippen LogP contribution in [0.5, 0.6) is 0 Å². The summed E-state index contributed by atoms with van der Waals surface area (Å²) >= 11 is 0. The van der Waals surface area contributed by atoms with E-state index in [0.29, 0.717) is 0 Å². The van der Waals surface area contributed by atoms with Gasteiger partial charge < -0.3 is 0 Å². The summed E-state index contributed by atoms with van der Waals surface area (Å²) in [5.74, 6) is 0. The molecule has 0 heterocycles. The molecule has 0 bridgehead atoms. The van der Waals surface area contributed by atoms with Gasteiger partial charge in [-0.05, 0) is 22.1 Å². The molecule has 1 aromatic carbocycles. The molecule has 0 saturated carbocycles. The molecule has 15 heavy (non-hydrogen) atoms. The summed E-state index contributed by atoms with van der Waals surface area (Å²) in [4.78, 5) is 0. The Bertz CT molecular complexity index is 414. The summed E-state index contributed by atoms with van der Waals surface area (Å²) in [6, 6.07) is 6.88. The molecular formula is C15H20. The minimum Gasteiger partial charge on any atom is -0.0739 e. The van der Waals surface area contributed by atoms with Gasteiger partial charge in [0.1, 0.15) is 0 Å². The standard InChI is InChI=1S/C15H20/c1-14(2,3)12-7-6-11-8-9-15(4,5)13(11)10-12/h6-10H,1-5H3. The van der Waals surface area contributed by atoms with Crippen LogP contribution in [0.15, 0.2) is 24.3 Å². The fourth-order valence-corrected chi connectivity index (χ4v) is 2.11. The Morgan fingerprint density at radius 1 is 1.07 bits per heavy atom. The van der Waals surface area contributed by atoms with Crippen molar-refractivity contribution < 1.29 is 0 Å². The van der Waals surface area contributed by atoms with Gasteiger partial charge in [0.15, 0.2) is 0 Å². The van der Waals surface area contributed by atoms with E-state index in [1.54, 1.807) is 0 Å². The second-order valence-electron chi connectivity index (χ2n) is 6.11. The van der Waals surface area contributed by atoms with E-state index in [0.717, 1.165) is 0 Å². The number of hydrogen-bond acceptors (Lipinski definition) is 0. The largest absolute Gasteiger partial charge is 0.0739 e. The highest BCUT2D eigenvalue weighted by molar-refractivity contribution is 5.65. The van der Waals surface area contributed by atoms with E-state index in [-0.39, 0.29) is 10.8 Å². The topological polar surface area (TPSA) is 0 Å². The average molecular weight is 200 g/mol. The van der Waals surface area contributed by atoms with E-state index in [1.165, 1.54) is 16.7 Å². The van der Waals surface area contributed by atoms with E-state index in [4.69, 9.17) is 0 Å². The Morgan fingerprint density at radius 3 is 2.33 bits per heavy atom. The van der Waals surface area contributed by atoms with Gasteiger partial charge in [0.2, 0.25) is 0 Å². The molecule has 0 N–H and O–H groups in total. The maximum absolute atomic E-state index is 2.37. The molecule has 2 rings (SSSR count). The number of rotatable bonds is 0. The first-order chi connectivity index (χ1) is 6.81. The first kappa shape index (κ1) is 10.5. The van der Waals surface area contributed by atoms with Crippen molar-refractivity contribution in [3.63, 3.8) is 0 Å². The Morgan fingerprint density at radius 2 is 1.73 bits per heavy atom. The van der Waals surface area contributed by atoms with Crippen LogP contribution in [-0.2, 0) is 10.8 Å². The minimum atomic E-state index is 0.205. The van der Waals surface area contributed by atoms with E-state index >= 15 is 0 Å². The molecular weight excluding hydrogens is 180 g/mol. The lowest BCUT2D eigenvalue weighted by Crippen LogP contribution is -2.15. The summed E-state index contributed by atoms with van der Waals surface area (Å²) in [5, 5.41) is 0. The molecule has 0 spiro atoms. The van der Waals surface area contributed by atoms with Gasteiger partial charge in [0.05, 0.1) is 0 Å². The molecule has 0 nitrogen and oxygen atoms in total. The maximum atomic E-state index is 2.37. The highest BCUT2D eigenvalue weighted by atomic mass is 14.3. The van der Waals surface area contributed by atoms with Crippen LogP contribution >= 0.6 is 0 Å². The third-order valence-corrected chi connectivity index (χ3v) is 3.29. The average Bonchev–Trinajstić information content (AvgIpc) is 2.41. The quantitative estimate of drug-likeness (QED) is 0.586. The van der Waals surface area contributed by atoms with E-state index < -0.39 is 0 Å². The van der Waals surface area contributed by atoms with Crippen LogP contribution in [0.2, 0.25) is 0 Å². The van der Waals surface area contributed by atoms with Gasteiger partial charge in [0, 0.05) is 5.41 Å². The number of benzene rings is 1. The summed E-state index contributed by atoms with van der Waals surface area (Å²) in [7, 11) is 0. The van der Waals surface area contributed by atoms with Crippen LogP contribution in [-0.4, -0.2) is 0 Å². The van der Waals surface area contributed by atoms with Gasteiger partial charge in [-0.15, -0.1) is 0 Å². The third kappa shape index (κ3) is 1.73. The molecule has 0 amide bonds.